The molecule has 0 radical (unpaired) electrons. The number of nitrogens with two attached hydrogens (primary N) is 1. The highest BCUT2D eigenvalue weighted by Crippen LogP contribution is 2.30. The van der Waals surface area contributed by atoms with Gasteiger partial charge in [-0.15, -0.1) is 0 Å². The van der Waals surface area contributed by atoms with Crippen molar-refractivity contribution in [3.8, 4) is 11.5 Å². The molecule has 8 nitrogen and oxygen atoms in total. The number of hydrogen-bond acceptors (Lipinski definition) is 6. The second-order valence-electron chi connectivity index (χ2n) is 4.77. The summed E-state index contributed by atoms with van der Waals surface area (Å²) in [4.78, 5) is 23.8. The first-order chi connectivity index (χ1) is 10.0. The molecule has 1 amide bonds. The smallest absolute Gasteiger partial charge is 0.311 e. The third-order valence-electron chi connectivity index (χ3n) is 3.29. The van der Waals surface area contributed by atoms with Gasteiger partial charge < -0.3 is 20.1 Å². The summed E-state index contributed by atoms with van der Waals surface area (Å²) in [5, 5.41) is 10.8. The average Bonchev–Trinajstić information content (AvgIpc) is 2.90. The van der Waals surface area contributed by atoms with E-state index in [-0.39, 0.29) is 30.0 Å². The maximum atomic E-state index is 11.9. The number of likely N-dealkylation sites (tertiary alicyclic amines) is 1. The van der Waals surface area contributed by atoms with Crippen LogP contribution in [0, 0.1) is 10.1 Å². The van der Waals surface area contributed by atoms with Crippen LogP contribution < -0.4 is 15.2 Å². The van der Waals surface area contributed by atoms with E-state index < -0.39 is 4.92 Å². The van der Waals surface area contributed by atoms with Gasteiger partial charge in [0.05, 0.1) is 12.0 Å². The molecule has 1 aromatic rings. The van der Waals surface area contributed by atoms with Gasteiger partial charge in [0.2, 0.25) is 5.75 Å². The van der Waals surface area contributed by atoms with E-state index in [0.29, 0.717) is 18.8 Å². The minimum Gasteiger partial charge on any atom is -0.490 e. The Kier molecular flexibility index (Phi) is 4.59. The van der Waals surface area contributed by atoms with Crippen LogP contribution in [-0.4, -0.2) is 48.6 Å². The summed E-state index contributed by atoms with van der Waals surface area (Å²) >= 11 is 0. The normalized spacial score (nSPS) is 17.6. The molecule has 114 valence electrons. The van der Waals surface area contributed by atoms with Crippen LogP contribution in [0.3, 0.4) is 0 Å². The van der Waals surface area contributed by atoms with E-state index >= 15 is 0 Å². The van der Waals surface area contributed by atoms with Gasteiger partial charge in [-0.25, -0.2) is 0 Å². The third kappa shape index (κ3) is 3.60. The molecule has 1 aromatic carbocycles. The van der Waals surface area contributed by atoms with Crippen molar-refractivity contribution >= 4 is 11.6 Å². The Morgan fingerprint density at radius 1 is 1.57 bits per heavy atom. The van der Waals surface area contributed by atoms with E-state index in [1.54, 1.807) is 4.90 Å². The van der Waals surface area contributed by atoms with Gasteiger partial charge in [0.15, 0.2) is 6.61 Å². The van der Waals surface area contributed by atoms with E-state index in [1.165, 1.54) is 25.3 Å². The summed E-state index contributed by atoms with van der Waals surface area (Å²) in [6, 6.07) is 4.13. The second kappa shape index (κ2) is 6.40. The lowest BCUT2D eigenvalue weighted by atomic mass is 10.3. The number of hydrogen-bond donors (Lipinski definition) is 1. The van der Waals surface area contributed by atoms with Gasteiger partial charge in [-0.3, -0.25) is 14.9 Å². The van der Waals surface area contributed by atoms with Crippen LogP contribution in [0.2, 0.25) is 0 Å². The van der Waals surface area contributed by atoms with Crippen molar-refractivity contribution < 1.29 is 19.2 Å². The zero-order valence-electron chi connectivity index (χ0n) is 11.7. The Hall–Kier alpha value is -2.35. The molecule has 1 aliphatic heterocycles. The molecule has 0 spiro atoms. The van der Waals surface area contributed by atoms with Crippen LogP contribution in [0.4, 0.5) is 5.69 Å². The van der Waals surface area contributed by atoms with Crippen LogP contribution >= 0.6 is 0 Å². The molecule has 8 heteroatoms. The van der Waals surface area contributed by atoms with Gasteiger partial charge in [-0.1, -0.05) is 0 Å². The first-order valence-corrected chi connectivity index (χ1v) is 6.50. The summed E-state index contributed by atoms with van der Waals surface area (Å²) in [6.45, 7) is 1.03. The molecule has 2 N–H and O–H groups in total. The summed E-state index contributed by atoms with van der Waals surface area (Å²) in [5.41, 5.74) is 5.59. The Labute approximate surface area is 121 Å². The van der Waals surface area contributed by atoms with Crippen molar-refractivity contribution in [1.29, 1.82) is 0 Å². The number of nitrogens with zero attached hydrogens (tertiary/aromatic N) is 2. The fraction of sp³-hybridized carbons (Fsp3) is 0.462. The monoisotopic (exact) mass is 295 g/mol. The highest BCUT2D eigenvalue weighted by atomic mass is 16.6. The quantitative estimate of drug-likeness (QED) is 0.627. The van der Waals surface area contributed by atoms with Crippen molar-refractivity contribution in [3.63, 3.8) is 0 Å². The molecule has 2 rings (SSSR count). The molecule has 0 unspecified atom stereocenters. The summed E-state index contributed by atoms with van der Waals surface area (Å²) in [7, 11) is 1.34. The lowest BCUT2D eigenvalue weighted by Crippen LogP contribution is -2.35. The molecule has 1 aliphatic rings. The van der Waals surface area contributed by atoms with Crippen LogP contribution in [0.5, 0.6) is 11.5 Å². The summed E-state index contributed by atoms with van der Waals surface area (Å²) < 4.78 is 10.3. The van der Waals surface area contributed by atoms with Gasteiger partial charge in [0.25, 0.3) is 5.91 Å². The Bertz CT molecular complexity index is 549. The lowest BCUT2D eigenvalue weighted by Gasteiger charge is -2.16. The number of carbonyl (C=O) groups excluding carboxylic acids is 1. The van der Waals surface area contributed by atoms with Gasteiger partial charge in [0, 0.05) is 31.3 Å². The molecule has 0 aliphatic carbocycles. The Morgan fingerprint density at radius 3 is 2.90 bits per heavy atom. The number of nitro benzene ring substituents is 1. The topological polar surface area (TPSA) is 108 Å². The van der Waals surface area contributed by atoms with E-state index in [0.717, 1.165) is 6.42 Å². The maximum Gasteiger partial charge on any atom is 0.311 e. The average molecular weight is 295 g/mol. The molecule has 1 heterocycles. The molecule has 1 atom stereocenters. The van der Waals surface area contributed by atoms with E-state index in [2.05, 4.69) is 0 Å². The van der Waals surface area contributed by atoms with Crippen molar-refractivity contribution in [2.75, 3.05) is 26.8 Å². The summed E-state index contributed by atoms with van der Waals surface area (Å²) in [6.07, 6.45) is 0.789. The molecule has 0 saturated carbocycles. The minimum atomic E-state index is -0.542. The first-order valence-electron chi connectivity index (χ1n) is 6.50. The van der Waals surface area contributed by atoms with Crippen molar-refractivity contribution in [2.45, 2.75) is 12.5 Å². The molecular weight excluding hydrogens is 278 g/mol. The zero-order valence-corrected chi connectivity index (χ0v) is 11.7. The minimum absolute atomic E-state index is 0.0217. The number of ether oxygens (including phenoxy) is 2. The maximum absolute atomic E-state index is 11.9. The van der Waals surface area contributed by atoms with Crippen molar-refractivity contribution in [3.05, 3.63) is 28.3 Å². The molecule has 1 fully saturated rings. The third-order valence-corrected chi connectivity index (χ3v) is 3.29. The number of methoxy groups -OCH3 is 1. The number of carbonyl (C=O) groups is 1. The van der Waals surface area contributed by atoms with Crippen LogP contribution in [0.25, 0.3) is 0 Å². The summed E-state index contributed by atoms with van der Waals surface area (Å²) in [5.74, 6) is 0.280. The van der Waals surface area contributed by atoms with Gasteiger partial charge in [0.1, 0.15) is 5.75 Å². The zero-order chi connectivity index (χ0) is 15.4. The number of nitro groups is 1. The number of rotatable bonds is 5. The predicted octanol–water partition coefficient (Wildman–Crippen LogP) is 0.542. The van der Waals surface area contributed by atoms with Gasteiger partial charge in [-0.2, -0.15) is 0 Å². The Balaban J connectivity index is 1.97. The predicted molar refractivity (Wildman–Crippen MR) is 74.3 cm³/mol. The van der Waals surface area contributed by atoms with Crippen molar-refractivity contribution in [2.24, 2.45) is 5.73 Å². The SMILES string of the molecule is COc1cc(OCC(=O)N2CC[C@@H](N)C2)ccc1[N+](=O)[O-]. The fourth-order valence-electron chi connectivity index (χ4n) is 2.15. The molecule has 21 heavy (non-hydrogen) atoms. The van der Waals surface area contributed by atoms with Crippen LogP contribution in [-0.2, 0) is 4.79 Å². The Morgan fingerprint density at radius 2 is 2.33 bits per heavy atom. The number of amides is 1. The standard InChI is InChI=1S/C13H17N3O5/c1-20-12-6-10(2-3-11(12)16(18)19)21-8-13(17)15-5-4-9(14)7-15/h2-3,6,9H,4-5,7-8,14H2,1H3/t9-/m1/s1. The van der Waals surface area contributed by atoms with Gasteiger partial charge >= 0.3 is 5.69 Å². The largest absolute Gasteiger partial charge is 0.490 e. The number of benzene rings is 1. The molecule has 0 aromatic heterocycles. The van der Waals surface area contributed by atoms with Crippen LogP contribution in [0.1, 0.15) is 6.42 Å². The van der Waals surface area contributed by atoms with Gasteiger partial charge in [-0.05, 0) is 12.5 Å². The lowest BCUT2D eigenvalue weighted by molar-refractivity contribution is -0.385. The fourth-order valence-corrected chi connectivity index (χ4v) is 2.15. The van der Waals surface area contributed by atoms with Crippen molar-refractivity contribution in [1.82, 2.24) is 4.90 Å². The second-order valence-corrected chi connectivity index (χ2v) is 4.77. The molecule has 1 saturated heterocycles. The van der Waals surface area contributed by atoms with Crippen LogP contribution in [0.15, 0.2) is 18.2 Å². The molecule has 0 bridgehead atoms. The van der Waals surface area contributed by atoms with E-state index in [9.17, 15) is 14.9 Å². The first kappa shape index (κ1) is 15.0. The highest BCUT2D eigenvalue weighted by Gasteiger charge is 2.24. The molecular formula is C13H17N3O5. The van der Waals surface area contributed by atoms with E-state index in [1.807, 2.05) is 0 Å². The highest BCUT2D eigenvalue weighted by molar-refractivity contribution is 5.78. The van der Waals surface area contributed by atoms with E-state index in [4.69, 9.17) is 15.2 Å².